The number of para-hydroxylation sites is 2. The number of ether oxygens (including phenoxy) is 1. The predicted molar refractivity (Wildman–Crippen MR) is 113 cm³/mol. The smallest absolute Gasteiger partial charge is 0.243 e. The van der Waals surface area contributed by atoms with Crippen molar-refractivity contribution in [1.29, 1.82) is 5.26 Å². The van der Waals surface area contributed by atoms with Crippen molar-refractivity contribution in [2.45, 2.75) is 32.6 Å². The summed E-state index contributed by atoms with van der Waals surface area (Å²) >= 11 is 0. The summed E-state index contributed by atoms with van der Waals surface area (Å²) in [5, 5.41) is 12.7. The Morgan fingerprint density at radius 1 is 1.28 bits per heavy atom. The van der Waals surface area contributed by atoms with Gasteiger partial charge >= 0.3 is 0 Å². The topological polar surface area (TPSA) is 91.1 Å². The van der Waals surface area contributed by atoms with Crippen molar-refractivity contribution in [3.63, 3.8) is 0 Å². The van der Waals surface area contributed by atoms with Gasteiger partial charge < -0.3 is 15.0 Å². The number of amides is 1. The molecule has 0 bridgehead atoms. The number of nitrogens with one attached hydrogen (secondary N) is 1. The van der Waals surface area contributed by atoms with Crippen LogP contribution in [0, 0.1) is 23.2 Å². The zero-order valence-electron chi connectivity index (χ0n) is 17.4. The first-order valence-electron chi connectivity index (χ1n) is 10.2. The molecule has 2 aromatic rings. The molecular weight excluding hydrogens is 366 g/mol. The van der Waals surface area contributed by atoms with Crippen LogP contribution in [0.1, 0.15) is 38.3 Å². The van der Waals surface area contributed by atoms with Gasteiger partial charge in [0.2, 0.25) is 5.91 Å². The van der Waals surface area contributed by atoms with Crippen molar-refractivity contribution >= 4 is 22.8 Å². The van der Waals surface area contributed by atoms with Crippen LogP contribution in [0.15, 0.2) is 24.3 Å². The normalized spacial score (nSPS) is 20.3. The molecule has 1 aromatic carbocycles. The molecule has 0 saturated carbocycles. The predicted octanol–water partition coefficient (Wildman–Crippen LogP) is 2.87. The molecule has 1 aliphatic heterocycles. The lowest BCUT2D eigenvalue weighted by atomic mass is 9.91. The highest BCUT2D eigenvalue weighted by molar-refractivity contribution is 5.88. The molecule has 3 atom stereocenters. The molecular formula is C22H29N5O2. The van der Waals surface area contributed by atoms with E-state index in [1.54, 1.807) is 7.11 Å². The van der Waals surface area contributed by atoms with Crippen LogP contribution in [0.2, 0.25) is 0 Å². The van der Waals surface area contributed by atoms with Gasteiger partial charge in [0.15, 0.2) is 11.7 Å². The van der Waals surface area contributed by atoms with Gasteiger partial charge in [-0.3, -0.25) is 4.79 Å². The zero-order chi connectivity index (χ0) is 20.8. The van der Waals surface area contributed by atoms with Crippen LogP contribution in [0.25, 0.3) is 11.0 Å². The molecule has 29 heavy (non-hydrogen) atoms. The number of benzene rings is 1. The lowest BCUT2D eigenvalue weighted by Gasteiger charge is -2.36. The molecule has 1 aromatic heterocycles. The number of carbonyl (C=O) groups is 1. The summed E-state index contributed by atoms with van der Waals surface area (Å²) in [6.07, 6.45) is 1.85. The Bertz CT molecular complexity index is 884. The number of nitrogens with zero attached hydrogens (tertiary/aromatic N) is 4. The van der Waals surface area contributed by atoms with Crippen LogP contribution in [0.3, 0.4) is 0 Å². The molecule has 2 heterocycles. The maximum absolute atomic E-state index is 12.8. The molecule has 1 aliphatic rings. The summed E-state index contributed by atoms with van der Waals surface area (Å²) in [7, 11) is 1.62. The minimum atomic E-state index is -1.00. The van der Waals surface area contributed by atoms with Gasteiger partial charge in [0.25, 0.3) is 0 Å². The fourth-order valence-electron chi connectivity index (χ4n) is 4.04. The third kappa shape index (κ3) is 5.01. The first-order chi connectivity index (χ1) is 14.0. The highest BCUT2D eigenvalue weighted by Gasteiger charge is 2.31. The molecule has 154 valence electrons. The van der Waals surface area contributed by atoms with Crippen molar-refractivity contribution in [1.82, 2.24) is 15.3 Å². The van der Waals surface area contributed by atoms with E-state index < -0.39 is 5.92 Å². The lowest BCUT2D eigenvalue weighted by molar-refractivity contribution is -0.121. The number of carbonyl (C=O) groups excluding carboxylic acids is 1. The first kappa shape index (κ1) is 21.0. The van der Waals surface area contributed by atoms with Crippen molar-refractivity contribution in [3.05, 3.63) is 30.0 Å². The third-order valence-corrected chi connectivity index (χ3v) is 5.24. The van der Waals surface area contributed by atoms with Crippen LogP contribution < -0.4 is 10.2 Å². The van der Waals surface area contributed by atoms with Gasteiger partial charge in [0, 0.05) is 33.4 Å². The molecule has 1 fully saturated rings. The van der Waals surface area contributed by atoms with E-state index in [0.29, 0.717) is 48.4 Å². The zero-order valence-corrected chi connectivity index (χ0v) is 17.4. The van der Waals surface area contributed by atoms with Crippen LogP contribution in [-0.2, 0) is 9.53 Å². The Kier molecular flexibility index (Phi) is 6.99. The number of methoxy groups -OCH3 is 1. The number of fused-ring (bicyclic) bond motifs is 1. The molecule has 7 nitrogen and oxygen atoms in total. The van der Waals surface area contributed by atoms with Gasteiger partial charge in [-0.2, -0.15) is 5.26 Å². The molecule has 0 radical (unpaired) electrons. The molecule has 7 heteroatoms. The number of rotatable bonds is 7. The standard InChI is InChI=1S/C22H29N5O2/c1-15-11-16(2)14-27(13-15)21-20(25-18-7-4-5-8-19(18)26-21)17(12-23)22(28)24-9-6-10-29-3/h4-5,7-8,15-17H,6,9-11,13-14H2,1-3H3,(H,24,28)/t15-,16-,17-/m0/s1. The fraction of sp³-hybridized carbons (Fsp3) is 0.545. The van der Waals surface area contributed by atoms with E-state index in [-0.39, 0.29) is 5.91 Å². The van der Waals surface area contributed by atoms with Gasteiger partial charge in [-0.05, 0) is 36.8 Å². The summed E-state index contributed by atoms with van der Waals surface area (Å²) in [5.74, 6) is 0.344. The van der Waals surface area contributed by atoms with Crippen molar-refractivity contribution in [2.24, 2.45) is 11.8 Å². The largest absolute Gasteiger partial charge is 0.385 e. The van der Waals surface area contributed by atoms with Crippen molar-refractivity contribution < 1.29 is 9.53 Å². The lowest BCUT2D eigenvalue weighted by Crippen LogP contribution is -2.40. The van der Waals surface area contributed by atoms with E-state index in [1.807, 2.05) is 24.3 Å². The second-order valence-corrected chi connectivity index (χ2v) is 7.97. The highest BCUT2D eigenvalue weighted by atomic mass is 16.5. The summed E-state index contributed by atoms with van der Waals surface area (Å²) in [6.45, 7) is 7.15. The van der Waals surface area contributed by atoms with E-state index in [2.05, 4.69) is 30.1 Å². The van der Waals surface area contributed by atoms with E-state index in [4.69, 9.17) is 14.7 Å². The highest BCUT2D eigenvalue weighted by Crippen LogP contribution is 2.31. The number of aromatic nitrogens is 2. The maximum atomic E-state index is 12.8. The SMILES string of the molecule is COCCCNC(=O)[C@@H](C#N)c1nc2ccccc2nc1N1C[C@@H](C)C[C@H](C)C1. The average molecular weight is 396 g/mol. The van der Waals surface area contributed by atoms with E-state index in [0.717, 1.165) is 25.0 Å². The van der Waals surface area contributed by atoms with Crippen molar-refractivity contribution in [2.75, 3.05) is 38.3 Å². The average Bonchev–Trinajstić information content (AvgIpc) is 2.70. The molecule has 0 aliphatic carbocycles. The maximum Gasteiger partial charge on any atom is 0.243 e. The quantitative estimate of drug-likeness (QED) is 0.725. The minimum absolute atomic E-state index is 0.340. The van der Waals surface area contributed by atoms with Gasteiger partial charge in [0.05, 0.1) is 17.1 Å². The Morgan fingerprint density at radius 2 is 1.93 bits per heavy atom. The molecule has 0 unspecified atom stereocenters. The van der Waals surface area contributed by atoms with Crippen LogP contribution >= 0.6 is 0 Å². The molecule has 1 N–H and O–H groups in total. The summed E-state index contributed by atoms with van der Waals surface area (Å²) in [5.41, 5.74) is 1.91. The van der Waals surface area contributed by atoms with Gasteiger partial charge in [-0.1, -0.05) is 26.0 Å². The summed E-state index contributed by atoms with van der Waals surface area (Å²) in [6, 6.07) is 9.74. The molecule has 1 saturated heterocycles. The summed E-state index contributed by atoms with van der Waals surface area (Å²) < 4.78 is 5.02. The summed E-state index contributed by atoms with van der Waals surface area (Å²) in [4.78, 5) is 24.5. The minimum Gasteiger partial charge on any atom is -0.385 e. The molecule has 3 rings (SSSR count). The number of piperidine rings is 1. The van der Waals surface area contributed by atoms with Gasteiger partial charge in [-0.15, -0.1) is 0 Å². The number of hydrogen-bond acceptors (Lipinski definition) is 6. The Morgan fingerprint density at radius 3 is 2.55 bits per heavy atom. The van der Waals surface area contributed by atoms with Crippen molar-refractivity contribution in [3.8, 4) is 6.07 Å². The van der Waals surface area contributed by atoms with E-state index in [9.17, 15) is 10.1 Å². The third-order valence-electron chi connectivity index (χ3n) is 5.24. The van der Waals surface area contributed by atoms with E-state index >= 15 is 0 Å². The van der Waals surface area contributed by atoms with Crippen LogP contribution in [0.4, 0.5) is 5.82 Å². The fourth-order valence-corrected chi connectivity index (χ4v) is 4.04. The number of hydrogen-bond donors (Lipinski definition) is 1. The second kappa shape index (κ2) is 9.66. The Hall–Kier alpha value is -2.72. The molecule has 1 amide bonds. The number of anilines is 1. The van der Waals surface area contributed by atoms with E-state index in [1.165, 1.54) is 0 Å². The van der Waals surface area contributed by atoms with Gasteiger partial charge in [0.1, 0.15) is 5.69 Å². The number of nitriles is 1. The van der Waals surface area contributed by atoms with Crippen LogP contribution in [0.5, 0.6) is 0 Å². The second-order valence-electron chi connectivity index (χ2n) is 7.97. The Balaban J connectivity index is 1.97. The monoisotopic (exact) mass is 395 g/mol. The van der Waals surface area contributed by atoms with Gasteiger partial charge in [-0.25, -0.2) is 9.97 Å². The Labute approximate surface area is 172 Å². The first-order valence-corrected chi connectivity index (χ1v) is 10.2. The molecule has 0 spiro atoms. The van der Waals surface area contributed by atoms with Crippen LogP contribution in [-0.4, -0.2) is 49.2 Å².